The van der Waals surface area contributed by atoms with Crippen LogP contribution in [0, 0.1) is 0 Å². The van der Waals surface area contributed by atoms with Crippen LogP contribution in [0.5, 0.6) is 17.2 Å². The molecule has 2 aromatic rings. The zero-order valence-corrected chi connectivity index (χ0v) is 11.4. The molecule has 0 saturated heterocycles. The Labute approximate surface area is 118 Å². The third-order valence-corrected chi connectivity index (χ3v) is 3.44. The summed E-state index contributed by atoms with van der Waals surface area (Å²) >= 11 is 0. The lowest BCUT2D eigenvalue weighted by Crippen LogP contribution is -2.32. The molecule has 0 unspecified atom stereocenters. The van der Waals surface area contributed by atoms with Gasteiger partial charge in [0.05, 0.1) is 19.3 Å². The predicted molar refractivity (Wildman–Crippen MR) is 77.6 cm³/mol. The highest BCUT2D eigenvalue weighted by atomic mass is 16.5. The van der Waals surface area contributed by atoms with E-state index < -0.39 is 0 Å². The molecule has 0 aliphatic carbocycles. The van der Waals surface area contributed by atoms with Gasteiger partial charge in [0.25, 0.3) is 0 Å². The number of fused-ring (bicyclic) bond motifs is 1. The molecular weight excluding hydrogens is 254 g/mol. The number of benzene rings is 2. The first-order valence-electron chi connectivity index (χ1n) is 6.60. The fourth-order valence-electron chi connectivity index (χ4n) is 2.43. The smallest absolute Gasteiger partial charge is 0.160 e. The summed E-state index contributed by atoms with van der Waals surface area (Å²) < 4.78 is 10.8. The highest BCUT2D eigenvalue weighted by Gasteiger charge is 2.17. The van der Waals surface area contributed by atoms with Gasteiger partial charge >= 0.3 is 0 Å². The number of methoxy groups -OCH3 is 1. The van der Waals surface area contributed by atoms with Gasteiger partial charge in [0.15, 0.2) is 11.5 Å². The molecule has 4 heteroatoms. The van der Waals surface area contributed by atoms with E-state index >= 15 is 0 Å². The summed E-state index contributed by atoms with van der Waals surface area (Å²) in [7, 11) is 1.56. The van der Waals surface area contributed by atoms with Crippen molar-refractivity contribution in [2.75, 3.05) is 25.2 Å². The van der Waals surface area contributed by atoms with Crippen molar-refractivity contribution in [2.24, 2.45) is 0 Å². The minimum absolute atomic E-state index is 0.165. The van der Waals surface area contributed by atoms with Crippen molar-refractivity contribution in [1.82, 2.24) is 0 Å². The van der Waals surface area contributed by atoms with Crippen LogP contribution in [0.4, 0.5) is 5.69 Å². The van der Waals surface area contributed by atoms with E-state index in [1.807, 2.05) is 30.3 Å². The second-order valence-corrected chi connectivity index (χ2v) is 4.74. The van der Waals surface area contributed by atoms with Crippen LogP contribution >= 0.6 is 0 Å². The molecule has 1 heterocycles. The first-order valence-corrected chi connectivity index (χ1v) is 6.60. The number of nitrogens with zero attached hydrogens (tertiary/aromatic N) is 1. The molecule has 2 aromatic carbocycles. The van der Waals surface area contributed by atoms with Crippen LogP contribution in [0.2, 0.25) is 0 Å². The molecule has 20 heavy (non-hydrogen) atoms. The number of phenolic OH excluding ortho intramolecular Hbond substituents is 1. The summed E-state index contributed by atoms with van der Waals surface area (Å²) in [5, 5.41) is 9.64. The number of phenols is 1. The molecule has 0 fully saturated rings. The average Bonchev–Trinajstić information content (AvgIpc) is 2.49. The lowest BCUT2D eigenvalue weighted by Gasteiger charge is -2.31. The summed E-state index contributed by atoms with van der Waals surface area (Å²) in [4.78, 5) is 2.27. The molecule has 3 rings (SSSR count). The van der Waals surface area contributed by atoms with Crippen LogP contribution in [0.1, 0.15) is 5.56 Å². The summed E-state index contributed by atoms with van der Waals surface area (Å²) in [6.07, 6.45) is 0. The zero-order chi connectivity index (χ0) is 13.9. The Morgan fingerprint density at radius 1 is 1.25 bits per heavy atom. The van der Waals surface area contributed by atoms with Gasteiger partial charge < -0.3 is 19.5 Å². The van der Waals surface area contributed by atoms with Crippen molar-refractivity contribution >= 4 is 5.69 Å². The molecule has 1 N–H and O–H groups in total. The molecule has 4 nitrogen and oxygen atoms in total. The lowest BCUT2D eigenvalue weighted by molar-refractivity contribution is 0.307. The largest absolute Gasteiger partial charge is 0.504 e. The highest BCUT2D eigenvalue weighted by Crippen LogP contribution is 2.33. The minimum Gasteiger partial charge on any atom is -0.504 e. The normalized spacial score (nSPS) is 13.6. The van der Waals surface area contributed by atoms with E-state index in [1.165, 1.54) is 0 Å². The summed E-state index contributed by atoms with van der Waals surface area (Å²) in [5.74, 6) is 1.59. The number of para-hydroxylation sites is 2. The topological polar surface area (TPSA) is 41.9 Å². The Kier molecular flexibility index (Phi) is 3.37. The van der Waals surface area contributed by atoms with E-state index in [0.29, 0.717) is 12.4 Å². The third-order valence-electron chi connectivity index (χ3n) is 3.44. The van der Waals surface area contributed by atoms with Crippen molar-refractivity contribution < 1.29 is 14.6 Å². The molecular formula is C16H17NO3. The van der Waals surface area contributed by atoms with Crippen molar-refractivity contribution in [3.8, 4) is 17.2 Å². The number of rotatable bonds is 3. The molecule has 0 radical (unpaired) electrons. The van der Waals surface area contributed by atoms with Crippen LogP contribution in [-0.4, -0.2) is 25.4 Å². The van der Waals surface area contributed by atoms with Gasteiger partial charge in [-0.2, -0.15) is 0 Å². The Morgan fingerprint density at radius 3 is 2.95 bits per heavy atom. The van der Waals surface area contributed by atoms with Crippen LogP contribution in [-0.2, 0) is 6.54 Å². The molecule has 0 amide bonds. The van der Waals surface area contributed by atoms with Crippen molar-refractivity contribution in [2.45, 2.75) is 6.54 Å². The molecule has 1 aliphatic rings. The SMILES string of the molecule is COc1cc(CN2CCOc3ccccc32)ccc1O. The number of ether oxygens (including phenoxy) is 2. The minimum atomic E-state index is 0.165. The summed E-state index contributed by atoms with van der Waals surface area (Å²) in [6.45, 7) is 2.30. The Hall–Kier alpha value is -2.36. The maximum absolute atomic E-state index is 9.64. The predicted octanol–water partition coefficient (Wildman–Crippen LogP) is 2.80. The standard InChI is InChI=1S/C16H17NO3/c1-19-16-10-12(6-7-14(16)18)11-17-8-9-20-15-5-3-2-4-13(15)17/h2-7,10,18H,8-9,11H2,1H3. The van der Waals surface area contributed by atoms with Gasteiger partial charge in [0.2, 0.25) is 0 Å². The molecule has 0 aromatic heterocycles. The fraction of sp³-hybridized carbons (Fsp3) is 0.250. The van der Waals surface area contributed by atoms with Gasteiger partial charge in [-0.3, -0.25) is 0 Å². The number of anilines is 1. The second-order valence-electron chi connectivity index (χ2n) is 4.74. The first-order chi connectivity index (χ1) is 9.78. The van der Waals surface area contributed by atoms with Crippen LogP contribution in [0.15, 0.2) is 42.5 Å². The molecule has 0 atom stereocenters. The molecule has 0 spiro atoms. The van der Waals surface area contributed by atoms with Crippen molar-refractivity contribution in [1.29, 1.82) is 0 Å². The Bertz CT molecular complexity index is 612. The van der Waals surface area contributed by atoms with E-state index in [1.54, 1.807) is 13.2 Å². The quantitative estimate of drug-likeness (QED) is 0.932. The van der Waals surface area contributed by atoms with Gasteiger partial charge in [0, 0.05) is 6.54 Å². The van der Waals surface area contributed by atoms with Crippen molar-refractivity contribution in [3.63, 3.8) is 0 Å². The van der Waals surface area contributed by atoms with E-state index in [-0.39, 0.29) is 5.75 Å². The second kappa shape index (κ2) is 5.33. The molecule has 1 aliphatic heterocycles. The number of aromatic hydroxyl groups is 1. The number of hydrogen-bond acceptors (Lipinski definition) is 4. The van der Waals surface area contributed by atoms with Gasteiger partial charge in [-0.25, -0.2) is 0 Å². The van der Waals surface area contributed by atoms with Crippen molar-refractivity contribution in [3.05, 3.63) is 48.0 Å². The summed E-state index contributed by atoms with van der Waals surface area (Å²) in [5.41, 5.74) is 2.20. The molecule has 0 bridgehead atoms. The van der Waals surface area contributed by atoms with E-state index in [2.05, 4.69) is 11.0 Å². The highest BCUT2D eigenvalue weighted by molar-refractivity contribution is 5.60. The van der Waals surface area contributed by atoms with E-state index in [9.17, 15) is 5.11 Å². The van der Waals surface area contributed by atoms with E-state index in [0.717, 1.165) is 30.1 Å². The zero-order valence-electron chi connectivity index (χ0n) is 11.4. The van der Waals surface area contributed by atoms with Gasteiger partial charge in [-0.15, -0.1) is 0 Å². The number of hydrogen-bond donors (Lipinski definition) is 1. The molecule has 0 saturated carbocycles. The average molecular weight is 271 g/mol. The molecule has 104 valence electrons. The Balaban J connectivity index is 1.85. The van der Waals surface area contributed by atoms with Crippen LogP contribution in [0.3, 0.4) is 0 Å². The Morgan fingerprint density at radius 2 is 2.10 bits per heavy atom. The van der Waals surface area contributed by atoms with Gasteiger partial charge in [-0.05, 0) is 29.8 Å². The lowest BCUT2D eigenvalue weighted by atomic mass is 10.1. The van der Waals surface area contributed by atoms with Gasteiger partial charge in [0.1, 0.15) is 12.4 Å². The maximum Gasteiger partial charge on any atom is 0.160 e. The third kappa shape index (κ3) is 2.37. The van der Waals surface area contributed by atoms with Gasteiger partial charge in [-0.1, -0.05) is 18.2 Å². The van der Waals surface area contributed by atoms with Crippen LogP contribution < -0.4 is 14.4 Å². The monoisotopic (exact) mass is 271 g/mol. The van der Waals surface area contributed by atoms with Crippen LogP contribution in [0.25, 0.3) is 0 Å². The fourth-order valence-corrected chi connectivity index (χ4v) is 2.43. The maximum atomic E-state index is 9.64. The van der Waals surface area contributed by atoms with E-state index in [4.69, 9.17) is 9.47 Å². The summed E-state index contributed by atoms with van der Waals surface area (Å²) in [6, 6.07) is 13.5. The first kappa shape index (κ1) is 12.7.